The second kappa shape index (κ2) is 9.30. The fourth-order valence-electron chi connectivity index (χ4n) is 2.95. The van der Waals surface area contributed by atoms with Gasteiger partial charge in [0.05, 0.1) is 12.2 Å². The summed E-state index contributed by atoms with van der Waals surface area (Å²) in [6.45, 7) is 5.42. The number of hydrogen-bond acceptors (Lipinski definition) is 5. The maximum atomic E-state index is 13.0. The van der Waals surface area contributed by atoms with Crippen molar-refractivity contribution in [3.05, 3.63) is 65.7 Å². The molecular weight excluding hydrogens is 344 g/mol. The molecule has 1 heterocycles. The molecule has 0 saturated carbocycles. The summed E-state index contributed by atoms with van der Waals surface area (Å²) in [5.41, 5.74) is 2.83. The number of para-hydroxylation sites is 1. The van der Waals surface area contributed by atoms with Gasteiger partial charge in [0.15, 0.2) is 12.0 Å². The van der Waals surface area contributed by atoms with E-state index >= 15 is 0 Å². The van der Waals surface area contributed by atoms with Crippen LogP contribution in [0.15, 0.2) is 59.8 Å². The van der Waals surface area contributed by atoms with E-state index in [-0.39, 0.29) is 5.91 Å². The number of rotatable bonds is 9. The minimum atomic E-state index is -0.485. The number of fused-ring (bicyclic) bond motifs is 1. The van der Waals surface area contributed by atoms with E-state index in [2.05, 4.69) is 5.16 Å². The molecule has 1 aliphatic heterocycles. The van der Waals surface area contributed by atoms with Gasteiger partial charge in [-0.1, -0.05) is 53.7 Å². The van der Waals surface area contributed by atoms with Crippen LogP contribution in [0.4, 0.5) is 5.69 Å². The van der Waals surface area contributed by atoms with Crippen molar-refractivity contribution < 1.29 is 19.1 Å². The number of hydrogen-bond donors (Lipinski definition) is 0. The van der Waals surface area contributed by atoms with Crippen LogP contribution >= 0.6 is 0 Å². The Balaban J connectivity index is 1.78. The van der Waals surface area contributed by atoms with Gasteiger partial charge in [-0.15, -0.1) is 0 Å². The van der Waals surface area contributed by atoms with Crippen molar-refractivity contribution in [3.8, 4) is 0 Å². The summed E-state index contributed by atoms with van der Waals surface area (Å²) in [6, 6.07) is 17.2. The molecule has 2 aromatic carbocycles. The molecule has 0 aliphatic carbocycles. The van der Waals surface area contributed by atoms with E-state index in [9.17, 15) is 4.79 Å². The second-order valence-electron chi connectivity index (χ2n) is 5.97. The molecule has 0 unspecified atom stereocenters. The number of carbonyl (C=O) groups excluding carboxylic acids is 1. The lowest BCUT2D eigenvalue weighted by molar-refractivity contribution is -0.133. The van der Waals surface area contributed by atoms with Crippen LogP contribution in [0, 0.1) is 0 Å². The Morgan fingerprint density at radius 3 is 2.33 bits per heavy atom. The Bertz CT molecular complexity index is 786. The Morgan fingerprint density at radius 1 is 0.963 bits per heavy atom. The van der Waals surface area contributed by atoms with Crippen LogP contribution in [0.5, 0.6) is 0 Å². The third-order valence-electron chi connectivity index (χ3n) is 4.16. The van der Waals surface area contributed by atoms with E-state index in [1.807, 2.05) is 68.4 Å². The number of oxime groups is 1. The van der Waals surface area contributed by atoms with Crippen LogP contribution in [-0.4, -0.2) is 37.7 Å². The van der Waals surface area contributed by atoms with E-state index < -0.39 is 6.29 Å². The van der Waals surface area contributed by atoms with Crippen LogP contribution < -0.4 is 4.90 Å². The van der Waals surface area contributed by atoms with Crippen molar-refractivity contribution in [1.29, 1.82) is 0 Å². The van der Waals surface area contributed by atoms with Gasteiger partial charge >= 0.3 is 0 Å². The quantitative estimate of drug-likeness (QED) is 0.503. The zero-order chi connectivity index (χ0) is 19.1. The molecule has 0 bridgehead atoms. The number of amides is 1. The van der Waals surface area contributed by atoms with Crippen LogP contribution in [0.3, 0.4) is 0 Å². The number of anilines is 1. The van der Waals surface area contributed by atoms with Gasteiger partial charge in [0.1, 0.15) is 6.61 Å². The van der Waals surface area contributed by atoms with Crippen molar-refractivity contribution >= 4 is 17.3 Å². The SMILES string of the molecule is CCOC(CN1C(=O)C(=NOCc2ccccc2)c2ccccc21)OCC. The van der Waals surface area contributed by atoms with E-state index in [1.165, 1.54) is 0 Å². The van der Waals surface area contributed by atoms with Gasteiger partial charge in [0, 0.05) is 18.8 Å². The molecule has 0 radical (unpaired) electrons. The van der Waals surface area contributed by atoms with Gasteiger partial charge in [0.2, 0.25) is 0 Å². The highest BCUT2D eigenvalue weighted by Crippen LogP contribution is 2.29. The molecule has 3 rings (SSSR count). The summed E-state index contributed by atoms with van der Waals surface area (Å²) in [6.07, 6.45) is -0.485. The smallest absolute Gasteiger partial charge is 0.281 e. The number of ether oxygens (including phenoxy) is 2. The maximum absolute atomic E-state index is 13.0. The molecule has 0 atom stereocenters. The Hall–Kier alpha value is -2.70. The average molecular weight is 368 g/mol. The normalized spacial score (nSPS) is 14.9. The largest absolute Gasteiger partial charge is 0.390 e. The number of carbonyl (C=O) groups is 1. The molecule has 0 N–H and O–H groups in total. The Kier molecular flexibility index (Phi) is 6.57. The molecule has 2 aromatic rings. The zero-order valence-corrected chi connectivity index (χ0v) is 15.6. The van der Waals surface area contributed by atoms with Crippen molar-refractivity contribution in [1.82, 2.24) is 0 Å². The van der Waals surface area contributed by atoms with Gasteiger partial charge < -0.3 is 19.2 Å². The monoisotopic (exact) mass is 368 g/mol. The van der Waals surface area contributed by atoms with Crippen LogP contribution in [0.2, 0.25) is 0 Å². The van der Waals surface area contributed by atoms with Crippen molar-refractivity contribution in [3.63, 3.8) is 0 Å². The third kappa shape index (κ3) is 4.53. The first kappa shape index (κ1) is 19.1. The molecule has 0 aromatic heterocycles. The summed E-state index contributed by atoms with van der Waals surface area (Å²) >= 11 is 0. The summed E-state index contributed by atoms with van der Waals surface area (Å²) < 4.78 is 11.2. The van der Waals surface area contributed by atoms with E-state index in [0.29, 0.717) is 32.1 Å². The van der Waals surface area contributed by atoms with Crippen molar-refractivity contribution in [2.45, 2.75) is 26.7 Å². The van der Waals surface area contributed by atoms with Gasteiger partial charge in [0.25, 0.3) is 5.91 Å². The molecule has 6 heteroatoms. The first-order chi connectivity index (χ1) is 13.2. The lowest BCUT2D eigenvalue weighted by Crippen LogP contribution is -2.39. The van der Waals surface area contributed by atoms with Crippen LogP contribution in [-0.2, 0) is 25.7 Å². The number of nitrogens with zero attached hydrogens (tertiary/aromatic N) is 2. The molecule has 0 spiro atoms. The molecule has 0 fully saturated rings. The van der Waals surface area contributed by atoms with E-state index in [1.54, 1.807) is 4.90 Å². The third-order valence-corrected chi connectivity index (χ3v) is 4.16. The molecule has 0 saturated heterocycles. The Morgan fingerprint density at radius 2 is 1.63 bits per heavy atom. The number of benzene rings is 2. The van der Waals surface area contributed by atoms with E-state index in [4.69, 9.17) is 14.3 Å². The van der Waals surface area contributed by atoms with Gasteiger partial charge in [-0.25, -0.2) is 0 Å². The van der Waals surface area contributed by atoms with Gasteiger partial charge in [-0.2, -0.15) is 0 Å². The molecule has 27 heavy (non-hydrogen) atoms. The maximum Gasteiger partial charge on any atom is 0.281 e. The fraction of sp³-hybridized carbons (Fsp3) is 0.333. The highest BCUT2D eigenvalue weighted by atomic mass is 16.7. The first-order valence-corrected chi connectivity index (χ1v) is 9.13. The van der Waals surface area contributed by atoms with Crippen LogP contribution in [0.25, 0.3) is 0 Å². The van der Waals surface area contributed by atoms with Crippen LogP contribution in [0.1, 0.15) is 25.0 Å². The summed E-state index contributed by atoms with van der Waals surface area (Å²) in [4.78, 5) is 20.0. The van der Waals surface area contributed by atoms with Crippen molar-refractivity contribution in [2.24, 2.45) is 5.16 Å². The van der Waals surface area contributed by atoms with Gasteiger partial charge in [-0.05, 0) is 25.5 Å². The standard InChI is InChI=1S/C21H24N2O4/c1-3-25-19(26-4-2)14-23-18-13-9-8-12-17(18)20(21(23)24)22-27-15-16-10-6-5-7-11-16/h5-13,19H,3-4,14-15H2,1-2H3. The van der Waals surface area contributed by atoms with Crippen molar-refractivity contribution in [2.75, 3.05) is 24.7 Å². The Labute approximate surface area is 159 Å². The topological polar surface area (TPSA) is 60.4 Å². The second-order valence-corrected chi connectivity index (χ2v) is 5.97. The average Bonchev–Trinajstić information content (AvgIpc) is 2.95. The van der Waals surface area contributed by atoms with E-state index in [0.717, 1.165) is 16.8 Å². The molecule has 1 aliphatic rings. The lowest BCUT2D eigenvalue weighted by atomic mass is 10.1. The fourth-order valence-corrected chi connectivity index (χ4v) is 2.95. The lowest BCUT2D eigenvalue weighted by Gasteiger charge is -2.23. The van der Waals surface area contributed by atoms with Gasteiger partial charge in [-0.3, -0.25) is 4.79 Å². The minimum Gasteiger partial charge on any atom is -0.390 e. The highest BCUT2D eigenvalue weighted by Gasteiger charge is 2.36. The molecule has 142 valence electrons. The summed E-state index contributed by atoms with van der Waals surface area (Å²) in [7, 11) is 0. The highest BCUT2D eigenvalue weighted by molar-refractivity contribution is 6.54. The summed E-state index contributed by atoms with van der Waals surface area (Å²) in [5, 5.41) is 4.13. The minimum absolute atomic E-state index is 0.214. The predicted octanol–water partition coefficient (Wildman–Crippen LogP) is 3.35. The molecule has 1 amide bonds. The molecular formula is C21H24N2O4. The molecule has 6 nitrogen and oxygen atoms in total. The predicted molar refractivity (Wildman–Crippen MR) is 104 cm³/mol. The first-order valence-electron chi connectivity index (χ1n) is 9.13. The zero-order valence-electron chi connectivity index (χ0n) is 15.6. The summed E-state index contributed by atoms with van der Waals surface area (Å²) in [5.74, 6) is -0.214.